The van der Waals surface area contributed by atoms with Gasteiger partial charge in [0, 0.05) is 24.2 Å². The quantitative estimate of drug-likeness (QED) is 0.658. The maximum atomic E-state index is 6.08. The van der Waals surface area contributed by atoms with Crippen molar-refractivity contribution in [2.45, 2.75) is 64.0 Å². The van der Waals surface area contributed by atoms with Crippen LogP contribution in [0.4, 0.5) is 5.95 Å². The van der Waals surface area contributed by atoms with Crippen molar-refractivity contribution < 1.29 is 4.74 Å². The molecule has 8 nitrogen and oxygen atoms in total. The predicted octanol–water partition coefficient (Wildman–Crippen LogP) is 3.41. The van der Waals surface area contributed by atoms with E-state index in [4.69, 9.17) is 24.7 Å². The van der Waals surface area contributed by atoms with Crippen molar-refractivity contribution in [3.05, 3.63) is 35.0 Å². The molecule has 3 aliphatic rings. The Morgan fingerprint density at radius 2 is 1.83 bits per heavy atom. The zero-order chi connectivity index (χ0) is 20.2. The van der Waals surface area contributed by atoms with Gasteiger partial charge >= 0.3 is 0 Å². The molecule has 0 radical (unpaired) electrons. The first-order chi connectivity index (χ1) is 14.7. The molecular formula is C22H27N7O. The molecule has 3 fully saturated rings. The third-order valence-corrected chi connectivity index (χ3v) is 6.71. The minimum Gasteiger partial charge on any atom is -0.370 e. The molecule has 4 heterocycles. The lowest BCUT2D eigenvalue weighted by Crippen LogP contribution is -2.39. The molecule has 1 atom stereocenters. The predicted molar refractivity (Wildman–Crippen MR) is 113 cm³/mol. The summed E-state index contributed by atoms with van der Waals surface area (Å²) in [4.78, 5) is 21.7. The molecule has 30 heavy (non-hydrogen) atoms. The highest BCUT2D eigenvalue weighted by Crippen LogP contribution is 2.39. The highest BCUT2D eigenvalue weighted by Gasteiger charge is 2.30. The van der Waals surface area contributed by atoms with Crippen LogP contribution in [0.5, 0.6) is 0 Å². The van der Waals surface area contributed by atoms with E-state index in [1.54, 1.807) is 0 Å². The zero-order valence-corrected chi connectivity index (χ0v) is 17.6. The van der Waals surface area contributed by atoms with E-state index in [1.807, 2.05) is 20.0 Å². The van der Waals surface area contributed by atoms with Crippen LogP contribution in [0.1, 0.15) is 72.8 Å². The first-order valence-electron chi connectivity index (χ1n) is 11.1. The summed E-state index contributed by atoms with van der Waals surface area (Å²) in [5, 5.41) is 4.53. The van der Waals surface area contributed by atoms with Gasteiger partial charge in [-0.3, -0.25) is 4.68 Å². The summed E-state index contributed by atoms with van der Waals surface area (Å²) in [5.74, 6) is 1.23. The second-order valence-corrected chi connectivity index (χ2v) is 8.89. The highest BCUT2D eigenvalue weighted by molar-refractivity contribution is 5.75. The Morgan fingerprint density at radius 3 is 2.60 bits per heavy atom. The molecule has 1 saturated heterocycles. The number of ether oxygens (including phenoxy) is 1. The maximum absolute atomic E-state index is 6.08. The summed E-state index contributed by atoms with van der Waals surface area (Å²) in [5.41, 5.74) is 5.69. The number of morpholine rings is 1. The fraction of sp³-hybridized carbons (Fsp3) is 0.591. The second-order valence-electron chi connectivity index (χ2n) is 8.89. The van der Waals surface area contributed by atoms with Crippen molar-refractivity contribution in [1.82, 2.24) is 29.7 Å². The van der Waals surface area contributed by atoms with E-state index in [0.29, 0.717) is 18.6 Å². The topological polar surface area (TPSA) is 81.9 Å². The number of hydrogen-bond donors (Lipinski definition) is 0. The maximum Gasteiger partial charge on any atom is 0.227 e. The van der Waals surface area contributed by atoms with E-state index in [0.717, 1.165) is 52.8 Å². The standard InChI is InChI=1S/C22H27N7O/c1-13-14(2)25-21-20(24-13)19(15-4-3-5-15)26-22(27-21)28-8-9-30-18(12-28)16-10-23-29(11-16)17-6-7-17/h10-11,15,17-18H,3-9,12H2,1-2H3. The lowest BCUT2D eigenvalue weighted by atomic mass is 9.82. The number of hydrogen-bond acceptors (Lipinski definition) is 7. The minimum absolute atomic E-state index is 0.0106. The summed E-state index contributed by atoms with van der Waals surface area (Å²) in [6, 6.07) is 0.581. The third kappa shape index (κ3) is 3.14. The van der Waals surface area contributed by atoms with Crippen molar-refractivity contribution in [1.29, 1.82) is 0 Å². The van der Waals surface area contributed by atoms with E-state index >= 15 is 0 Å². The van der Waals surface area contributed by atoms with Crippen molar-refractivity contribution in [2.75, 3.05) is 24.6 Å². The Hall–Kier alpha value is -2.61. The van der Waals surface area contributed by atoms with Gasteiger partial charge in [0.05, 0.1) is 42.5 Å². The Balaban J connectivity index is 1.34. The van der Waals surface area contributed by atoms with E-state index < -0.39 is 0 Å². The van der Waals surface area contributed by atoms with Crippen LogP contribution < -0.4 is 4.90 Å². The number of anilines is 1. The number of fused-ring (bicyclic) bond motifs is 1. The molecule has 0 spiro atoms. The van der Waals surface area contributed by atoms with Crippen molar-refractivity contribution in [3.8, 4) is 0 Å². The monoisotopic (exact) mass is 405 g/mol. The van der Waals surface area contributed by atoms with E-state index in [9.17, 15) is 0 Å². The summed E-state index contributed by atoms with van der Waals surface area (Å²) >= 11 is 0. The Bertz CT molecular complexity index is 1100. The highest BCUT2D eigenvalue weighted by atomic mass is 16.5. The molecule has 0 N–H and O–H groups in total. The third-order valence-electron chi connectivity index (χ3n) is 6.71. The molecule has 1 unspecified atom stereocenters. The Kier molecular flexibility index (Phi) is 4.23. The average molecular weight is 406 g/mol. The van der Waals surface area contributed by atoms with Gasteiger partial charge in [-0.25, -0.2) is 15.0 Å². The first-order valence-corrected chi connectivity index (χ1v) is 11.1. The van der Waals surface area contributed by atoms with Crippen molar-refractivity contribution in [2.24, 2.45) is 0 Å². The lowest BCUT2D eigenvalue weighted by molar-refractivity contribution is 0.0391. The smallest absolute Gasteiger partial charge is 0.227 e. The van der Waals surface area contributed by atoms with Gasteiger partial charge in [-0.2, -0.15) is 10.1 Å². The van der Waals surface area contributed by atoms with Gasteiger partial charge in [0.2, 0.25) is 5.95 Å². The molecule has 3 aromatic heterocycles. The van der Waals surface area contributed by atoms with E-state index in [-0.39, 0.29) is 6.10 Å². The van der Waals surface area contributed by atoms with Gasteiger partial charge in [-0.05, 0) is 39.5 Å². The molecule has 3 aromatic rings. The van der Waals surface area contributed by atoms with Crippen LogP contribution >= 0.6 is 0 Å². The molecule has 0 aromatic carbocycles. The summed E-state index contributed by atoms with van der Waals surface area (Å²) < 4.78 is 8.17. The zero-order valence-electron chi connectivity index (χ0n) is 17.6. The van der Waals surface area contributed by atoms with Gasteiger partial charge in [0.25, 0.3) is 0 Å². The van der Waals surface area contributed by atoms with Crippen LogP contribution in [-0.2, 0) is 4.74 Å². The van der Waals surface area contributed by atoms with Gasteiger partial charge < -0.3 is 9.64 Å². The number of aryl methyl sites for hydroxylation is 2. The SMILES string of the molecule is Cc1nc2nc(N3CCOC(c4cnn(C5CC5)c4)C3)nc(C3CCC3)c2nc1C. The molecule has 156 valence electrons. The lowest BCUT2D eigenvalue weighted by Gasteiger charge is -2.33. The molecule has 2 saturated carbocycles. The van der Waals surface area contributed by atoms with Gasteiger partial charge in [0.1, 0.15) is 11.6 Å². The van der Waals surface area contributed by atoms with E-state index in [1.165, 1.54) is 32.1 Å². The fourth-order valence-electron chi connectivity index (χ4n) is 4.32. The molecule has 1 aliphatic heterocycles. The van der Waals surface area contributed by atoms with Gasteiger partial charge in [0.15, 0.2) is 5.65 Å². The van der Waals surface area contributed by atoms with Gasteiger partial charge in [-0.1, -0.05) is 6.42 Å². The molecule has 8 heteroatoms. The Labute approximate surface area is 175 Å². The summed E-state index contributed by atoms with van der Waals surface area (Å²) in [7, 11) is 0. The number of aromatic nitrogens is 6. The van der Waals surface area contributed by atoms with E-state index in [2.05, 4.69) is 20.9 Å². The molecule has 2 aliphatic carbocycles. The number of rotatable bonds is 4. The van der Waals surface area contributed by atoms with Crippen LogP contribution in [0, 0.1) is 13.8 Å². The van der Waals surface area contributed by atoms with Crippen LogP contribution in [0.3, 0.4) is 0 Å². The molecular weight excluding hydrogens is 378 g/mol. The van der Waals surface area contributed by atoms with Crippen LogP contribution in [0.25, 0.3) is 11.2 Å². The van der Waals surface area contributed by atoms with Crippen LogP contribution in [-0.4, -0.2) is 49.4 Å². The molecule has 0 amide bonds. The van der Waals surface area contributed by atoms with Crippen molar-refractivity contribution in [3.63, 3.8) is 0 Å². The van der Waals surface area contributed by atoms with Crippen molar-refractivity contribution >= 4 is 17.1 Å². The second kappa shape index (κ2) is 6.97. The largest absolute Gasteiger partial charge is 0.370 e. The van der Waals surface area contributed by atoms with Crippen LogP contribution in [0.15, 0.2) is 12.4 Å². The van der Waals surface area contributed by atoms with Gasteiger partial charge in [-0.15, -0.1) is 0 Å². The minimum atomic E-state index is -0.0106. The fourth-order valence-corrected chi connectivity index (χ4v) is 4.32. The average Bonchev–Trinajstić information content (AvgIpc) is 3.44. The normalized spacial score (nSPS) is 22.5. The molecule has 0 bridgehead atoms. The first kappa shape index (κ1) is 18.2. The Morgan fingerprint density at radius 1 is 1.00 bits per heavy atom. The molecule has 6 rings (SSSR count). The summed E-state index contributed by atoms with van der Waals surface area (Å²) in [6.07, 6.45) is 10.1. The summed E-state index contributed by atoms with van der Waals surface area (Å²) in [6.45, 7) is 6.16. The number of nitrogens with zero attached hydrogens (tertiary/aromatic N) is 7. The van der Waals surface area contributed by atoms with Crippen LogP contribution in [0.2, 0.25) is 0 Å².